The molecule has 2 aromatic carbocycles. The average molecular weight is 519 g/mol. The van der Waals surface area contributed by atoms with E-state index in [9.17, 15) is 22.8 Å². The fraction of sp³-hybridized carbons (Fsp3) is 0.261. The highest BCUT2D eigenvalue weighted by Gasteiger charge is 2.55. The first-order chi connectivity index (χ1) is 16.7. The van der Waals surface area contributed by atoms with Gasteiger partial charge in [0.1, 0.15) is 23.8 Å². The number of nitrogens with one attached hydrogen (secondary N) is 1. The van der Waals surface area contributed by atoms with Crippen molar-refractivity contribution in [1.82, 2.24) is 10.2 Å². The van der Waals surface area contributed by atoms with Gasteiger partial charge < -0.3 is 19.0 Å². The van der Waals surface area contributed by atoms with E-state index >= 15 is 0 Å². The van der Waals surface area contributed by atoms with E-state index in [4.69, 9.17) is 13.7 Å². The fourth-order valence-corrected chi connectivity index (χ4v) is 5.33. The second-order valence-electron chi connectivity index (χ2n) is 7.68. The summed E-state index contributed by atoms with van der Waals surface area (Å²) in [6, 6.07) is 16.7. The van der Waals surface area contributed by atoms with Crippen molar-refractivity contribution in [3.8, 4) is 5.75 Å². The molecular weight excluding hydrogens is 496 g/mol. The van der Waals surface area contributed by atoms with Gasteiger partial charge >= 0.3 is 16.1 Å². The minimum Gasteiger partial charge on any atom is -0.484 e. The number of fused-ring (bicyclic) bond motifs is 1. The highest BCUT2D eigenvalue weighted by atomic mass is 32.2. The van der Waals surface area contributed by atoms with Crippen LogP contribution in [0.4, 0.5) is 0 Å². The number of esters is 1. The van der Waals surface area contributed by atoms with Gasteiger partial charge in [-0.3, -0.25) is 14.5 Å². The Hall–Kier alpha value is -3.51. The molecule has 0 saturated carbocycles. The summed E-state index contributed by atoms with van der Waals surface area (Å²) in [6.45, 7) is -0.373. The van der Waals surface area contributed by atoms with E-state index in [0.29, 0.717) is 11.3 Å². The van der Waals surface area contributed by atoms with Gasteiger partial charge in [0.25, 0.3) is 11.8 Å². The highest BCUT2D eigenvalue weighted by Crippen LogP contribution is 2.41. The van der Waals surface area contributed by atoms with Gasteiger partial charge in [0.15, 0.2) is 18.1 Å². The number of hydrogen-bond acceptors (Lipinski definition) is 9. The van der Waals surface area contributed by atoms with Crippen LogP contribution in [-0.4, -0.2) is 61.1 Å². The van der Waals surface area contributed by atoms with Crippen LogP contribution < -0.4 is 10.1 Å². The Balaban J connectivity index is 1.46. The minimum absolute atomic E-state index is 0.00975. The maximum absolute atomic E-state index is 12.9. The molecule has 1 fully saturated rings. The number of rotatable bonds is 9. The maximum Gasteiger partial charge on any atom is 0.359 e. The Morgan fingerprint density at radius 2 is 1.74 bits per heavy atom. The molecule has 1 saturated heterocycles. The van der Waals surface area contributed by atoms with Crippen LogP contribution in [0.2, 0.25) is 0 Å². The quantitative estimate of drug-likeness (QED) is 0.298. The van der Waals surface area contributed by atoms with Crippen molar-refractivity contribution < 1.29 is 36.5 Å². The van der Waals surface area contributed by atoms with Crippen LogP contribution in [0.5, 0.6) is 5.75 Å². The van der Waals surface area contributed by atoms with Crippen molar-refractivity contribution in [1.29, 1.82) is 0 Å². The number of benzene rings is 2. The summed E-state index contributed by atoms with van der Waals surface area (Å²) in [5.74, 6) is -1.70. The lowest BCUT2D eigenvalue weighted by Gasteiger charge is -2.49. The Labute approximate surface area is 206 Å². The zero-order valence-electron chi connectivity index (χ0n) is 18.6. The average Bonchev–Trinajstić information content (AvgIpc) is 2.84. The van der Waals surface area contributed by atoms with Gasteiger partial charge in [-0.25, -0.2) is 4.79 Å². The van der Waals surface area contributed by atoms with Crippen molar-refractivity contribution in [3.63, 3.8) is 0 Å². The number of hydrogen-bond donors (Lipinski definition) is 1. The lowest BCUT2D eigenvalue weighted by molar-refractivity contribution is -0.154. The van der Waals surface area contributed by atoms with Crippen LogP contribution >= 0.6 is 11.8 Å². The molecule has 2 aliphatic rings. The molecule has 2 atom stereocenters. The number of carbonyl (C=O) groups excluding carboxylic acids is 3. The molecule has 35 heavy (non-hydrogen) atoms. The van der Waals surface area contributed by atoms with E-state index < -0.39 is 39.3 Å². The van der Waals surface area contributed by atoms with Gasteiger partial charge in [0.2, 0.25) is 0 Å². The molecule has 0 spiro atoms. The third-order valence-corrected chi connectivity index (χ3v) is 6.78. The van der Waals surface area contributed by atoms with Crippen LogP contribution in [0, 0.1) is 0 Å². The number of nitrogens with zero attached hydrogens (tertiary/aromatic N) is 1. The molecule has 2 aliphatic heterocycles. The SMILES string of the molecule is CS(=O)(=O)OC1=C(C(=O)OCc2ccccc2)N2C(=O)C(NC(=O)COc3ccccc3)[C@@H]2SC1. The van der Waals surface area contributed by atoms with Gasteiger partial charge in [-0.05, 0) is 17.7 Å². The van der Waals surface area contributed by atoms with E-state index in [0.717, 1.165) is 22.9 Å². The largest absolute Gasteiger partial charge is 0.484 e. The Morgan fingerprint density at radius 3 is 2.40 bits per heavy atom. The summed E-state index contributed by atoms with van der Waals surface area (Å²) < 4.78 is 39.2. The minimum atomic E-state index is -3.96. The number of thioether (sulfide) groups is 1. The molecule has 1 unspecified atom stereocenters. The number of ether oxygens (including phenoxy) is 2. The Kier molecular flexibility index (Phi) is 7.31. The molecule has 10 nitrogen and oxygen atoms in total. The third-order valence-electron chi connectivity index (χ3n) is 5.02. The summed E-state index contributed by atoms with van der Waals surface area (Å²) in [6.07, 6.45) is 0.845. The first-order valence-electron chi connectivity index (χ1n) is 10.5. The van der Waals surface area contributed by atoms with E-state index in [2.05, 4.69) is 5.32 Å². The molecular formula is C23H22N2O8S2. The monoisotopic (exact) mass is 518 g/mol. The summed E-state index contributed by atoms with van der Waals surface area (Å²) >= 11 is 1.16. The summed E-state index contributed by atoms with van der Waals surface area (Å²) in [5.41, 5.74) is 0.429. The molecule has 2 heterocycles. The summed E-state index contributed by atoms with van der Waals surface area (Å²) in [5, 5.41) is 1.98. The molecule has 4 rings (SSSR count). The molecule has 1 N–H and O–H groups in total. The lowest BCUT2D eigenvalue weighted by atomic mass is 10.0. The standard InChI is InChI=1S/C23H22N2O8S2/c1-35(29,30)33-17-14-34-22-19(24-18(26)13-31-16-10-6-3-7-11-16)21(27)25(22)20(17)23(28)32-12-15-8-4-2-5-9-15/h2-11,19,22H,12-14H2,1H3,(H,24,26)/t19?,22-/m0/s1. The smallest absolute Gasteiger partial charge is 0.359 e. The molecule has 0 radical (unpaired) electrons. The number of para-hydroxylation sites is 1. The molecule has 2 amide bonds. The van der Waals surface area contributed by atoms with Gasteiger partial charge in [-0.1, -0.05) is 48.5 Å². The van der Waals surface area contributed by atoms with Gasteiger partial charge in [0.05, 0.1) is 12.0 Å². The first-order valence-corrected chi connectivity index (χ1v) is 13.3. The predicted molar refractivity (Wildman–Crippen MR) is 126 cm³/mol. The van der Waals surface area contributed by atoms with Crippen LogP contribution in [0.25, 0.3) is 0 Å². The number of β-lactam (4-membered cyclic amide) rings is 1. The summed E-state index contributed by atoms with van der Waals surface area (Å²) in [7, 11) is -3.96. The van der Waals surface area contributed by atoms with E-state index in [-0.39, 0.29) is 30.4 Å². The predicted octanol–water partition coefficient (Wildman–Crippen LogP) is 1.40. The van der Waals surface area contributed by atoms with Gasteiger partial charge in [0, 0.05) is 0 Å². The zero-order chi connectivity index (χ0) is 25.0. The first kappa shape index (κ1) is 24.6. The fourth-order valence-electron chi connectivity index (χ4n) is 3.50. The second-order valence-corrected chi connectivity index (χ2v) is 10.4. The van der Waals surface area contributed by atoms with Crippen molar-refractivity contribution >= 4 is 39.7 Å². The van der Waals surface area contributed by atoms with Crippen molar-refractivity contribution in [2.45, 2.75) is 18.0 Å². The van der Waals surface area contributed by atoms with Crippen LogP contribution in [0.1, 0.15) is 5.56 Å². The molecule has 0 aliphatic carbocycles. The maximum atomic E-state index is 12.9. The molecule has 184 valence electrons. The zero-order valence-corrected chi connectivity index (χ0v) is 20.2. The third kappa shape index (κ3) is 5.95. The highest BCUT2D eigenvalue weighted by molar-refractivity contribution is 8.00. The lowest BCUT2D eigenvalue weighted by Crippen LogP contribution is -2.71. The van der Waals surface area contributed by atoms with Gasteiger partial charge in [-0.15, -0.1) is 11.8 Å². The van der Waals surface area contributed by atoms with Crippen molar-refractivity contribution in [3.05, 3.63) is 77.7 Å². The number of carbonyl (C=O) groups is 3. The molecule has 2 aromatic rings. The van der Waals surface area contributed by atoms with E-state index in [1.54, 1.807) is 48.5 Å². The Bertz CT molecular complexity index is 1250. The number of amides is 2. The molecule has 12 heteroatoms. The normalized spacial score (nSPS) is 19.3. The molecule has 0 bridgehead atoms. The van der Waals surface area contributed by atoms with Crippen LogP contribution in [0.15, 0.2) is 72.1 Å². The van der Waals surface area contributed by atoms with Crippen molar-refractivity contribution in [2.75, 3.05) is 18.6 Å². The topological polar surface area (TPSA) is 128 Å². The van der Waals surface area contributed by atoms with Gasteiger partial charge in [-0.2, -0.15) is 8.42 Å². The van der Waals surface area contributed by atoms with Crippen molar-refractivity contribution in [2.24, 2.45) is 0 Å². The second kappa shape index (κ2) is 10.4. The summed E-state index contributed by atoms with van der Waals surface area (Å²) in [4.78, 5) is 39.3. The Morgan fingerprint density at radius 1 is 1.09 bits per heavy atom. The molecule has 0 aromatic heterocycles. The van der Waals surface area contributed by atoms with E-state index in [1.807, 2.05) is 12.1 Å². The van der Waals surface area contributed by atoms with E-state index in [1.165, 1.54) is 0 Å². The van der Waals surface area contributed by atoms with Crippen LogP contribution in [0.3, 0.4) is 0 Å². The van der Waals surface area contributed by atoms with Crippen LogP contribution in [-0.2, 0) is 40.0 Å².